The van der Waals surface area contributed by atoms with Crippen LogP contribution in [0, 0.1) is 0 Å². The minimum absolute atomic E-state index is 0.168. The Hall–Kier alpha value is -2.52. The molecule has 1 N–H and O–H groups in total. The van der Waals surface area contributed by atoms with Gasteiger partial charge in [0, 0.05) is 47.5 Å². The Morgan fingerprint density at radius 1 is 1.31 bits per heavy atom. The zero-order chi connectivity index (χ0) is 20.0. The maximum atomic E-state index is 13.0. The second-order valence-electron chi connectivity index (χ2n) is 7.80. The third kappa shape index (κ3) is 3.60. The van der Waals surface area contributed by atoms with Crippen LogP contribution in [0.25, 0.3) is 22.3 Å². The molecule has 1 aliphatic carbocycles. The third-order valence-corrected chi connectivity index (χ3v) is 7.75. The van der Waals surface area contributed by atoms with Crippen LogP contribution in [0.4, 0.5) is 11.6 Å². The summed E-state index contributed by atoms with van der Waals surface area (Å²) in [6.45, 7) is 4.15. The summed E-state index contributed by atoms with van der Waals surface area (Å²) in [5.41, 5.74) is 1.75. The summed E-state index contributed by atoms with van der Waals surface area (Å²) in [7, 11) is -2.31. The molecule has 0 bridgehead atoms. The lowest BCUT2D eigenvalue weighted by Gasteiger charge is -2.34. The highest BCUT2D eigenvalue weighted by molar-refractivity contribution is 7.93. The Balaban J connectivity index is 1.68. The maximum Gasteiger partial charge on any atom is 0.167 e. The molecule has 1 saturated heterocycles. The van der Waals surface area contributed by atoms with Crippen LogP contribution in [-0.4, -0.2) is 61.5 Å². The Bertz CT molecular complexity index is 1180. The van der Waals surface area contributed by atoms with E-state index in [-0.39, 0.29) is 11.3 Å². The molecule has 5 rings (SSSR count). The zero-order valence-corrected chi connectivity index (χ0v) is 17.4. The summed E-state index contributed by atoms with van der Waals surface area (Å²) in [5, 5.41) is 1.17. The van der Waals surface area contributed by atoms with Crippen LogP contribution in [0.1, 0.15) is 19.8 Å². The number of morpholine rings is 1. The van der Waals surface area contributed by atoms with Crippen LogP contribution in [-0.2, 0) is 14.5 Å². The van der Waals surface area contributed by atoms with Crippen molar-refractivity contribution in [2.24, 2.45) is 4.36 Å². The number of nitrogens with zero attached hydrogens (tertiary/aromatic N) is 5. The monoisotopic (exact) mass is 412 g/mol. The molecule has 0 radical (unpaired) electrons. The number of ether oxygens (including phenoxy) is 1. The van der Waals surface area contributed by atoms with Crippen molar-refractivity contribution in [2.45, 2.75) is 31.1 Å². The van der Waals surface area contributed by atoms with Gasteiger partial charge in [-0.3, -0.25) is 4.98 Å². The fourth-order valence-electron chi connectivity index (χ4n) is 3.73. The van der Waals surface area contributed by atoms with Crippen LogP contribution in [0.2, 0.25) is 0 Å². The minimum Gasteiger partial charge on any atom is -0.377 e. The highest BCUT2D eigenvalue weighted by Crippen LogP contribution is 2.33. The lowest BCUT2D eigenvalue weighted by Crippen LogP contribution is -2.44. The number of aromatic amines is 1. The van der Waals surface area contributed by atoms with Crippen molar-refractivity contribution in [2.75, 3.05) is 30.9 Å². The summed E-state index contributed by atoms with van der Waals surface area (Å²) >= 11 is 0. The predicted molar refractivity (Wildman–Crippen MR) is 114 cm³/mol. The molecule has 1 aliphatic heterocycles. The second kappa shape index (κ2) is 7.07. The number of rotatable bonds is 4. The highest BCUT2D eigenvalue weighted by Gasteiger charge is 2.31. The maximum absolute atomic E-state index is 13.0. The van der Waals surface area contributed by atoms with Gasteiger partial charge in [0.05, 0.1) is 40.7 Å². The summed E-state index contributed by atoms with van der Waals surface area (Å²) in [5.74, 6) is 1.79. The number of aromatic nitrogens is 4. The first-order chi connectivity index (χ1) is 14.0. The third-order valence-electron chi connectivity index (χ3n) is 5.50. The van der Waals surface area contributed by atoms with E-state index < -0.39 is 9.73 Å². The summed E-state index contributed by atoms with van der Waals surface area (Å²) in [4.78, 5) is 19.2. The lowest BCUT2D eigenvalue weighted by atomic mass is 10.1. The Morgan fingerprint density at radius 2 is 2.17 bits per heavy atom. The molecule has 0 amide bonds. The zero-order valence-electron chi connectivity index (χ0n) is 16.5. The smallest absolute Gasteiger partial charge is 0.167 e. The fourth-order valence-corrected chi connectivity index (χ4v) is 5.35. The average Bonchev–Trinajstić information content (AvgIpc) is 3.46. The molecule has 9 heteroatoms. The molecule has 4 heterocycles. The first-order valence-corrected chi connectivity index (χ1v) is 11.9. The molecule has 8 nitrogen and oxygen atoms in total. The first kappa shape index (κ1) is 18.5. The van der Waals surface area contributed by atoms with Crippen molar-refractivity contribution in [1.82, 2.24) is 19.9 Å². The van der Waals surface area contributed by atoms with Crippen molar-refractivity contribution < 1.29 is 8.95 Å². The van der Waals surface area contributed by atoms with Crippen molar-refractivity contribution in [3.63, 3.8) is 0 Å². The molecular weight excluding hydrogens is 388 g/mol. The second-order valence-corrected chi connectivity index (χ2v) is 10.4. The first-order valence-electron chi connectivity index (χ1n) is 9.87. The Labute approximate surface area is 169 Å². The van der Waals surface area contributed by atoms with Gasteiger partial charge in [0.2, 0.25) is 0 Å². The molecule has 3 aromatic rings. The van der Waals surface area contributed by atoms with E-state index >= 15 is 0 Å². The molecular formula is C20H24N6O2S. The molecule has 29 heavy (non-hydrogen) atoms. The van der Waals surface area contributed by atoms with Crippen molar-refractivity contribution in [3.8, 4) is 11.4 Å². The summed E-state index contributed by atoms with van der Waals surface area (Å²) in [6.07, 6.45) is 9.10. The fraction of sp³-hybridized carbons (Fsp3) is 0.450. The van der Waals surface area contributed by atoms with Gasteiger partial charge in [0.1, 0.15) is 5.82 Å². The quantitative estimate of drug-likeness (QED) is 0.707. The average molecular weight is 413 g/mol. The lowest BCUT2D eigenvalue weighted by molar-refractivity contribution is 0.0985. The number of nitrogens with one attached hydrogen (secondary N) is 1. The van der Waals surface area contributed by atoms with E-state index in [2.05, 4.69) is 31.1 Å². The molecule has 2 fully saturated rings. The van der Waals surface area contributed by atoms with Gasteiger partial charge >= 0.3 is 0 Å². The number of pyridine rings is 1. The van der Waals surface area contributed by atoms with Gasteiger partial charge in [-0.05, 0) is 25.8 Å². The molecule has 0 spiro atoms. The Morgan fingerprint density at radius 3 is 2.97 bits per heavy atom. The van der Waals surface area contributed by atoms with E-state index in [0.29, 0.717) is 24.9 Å². The van der Waals surface area contributed by atoms with Gasteiger partial charge in [-0.15, -0.1) is 0 Å². The van der Waals surface area contributed by atoms with Crippen LogP contribution < -0.4 is 4.90 Å². The van der Waals surface area contributed by atoms with Gasteiger partial charge in [-0.1, -0.05) is 0 Å². The van der Waals surface area contributed by atoms with E-state index in [4.69, 9.17) is 9.72 Å². The standard InChI is InChI=1S/C20H24N6O2S/c1-13-12-28-8-7-26(13)19-9-18(25-29(2,27)14-3-4-14)23-20(24-19)16-10-21-11-17-15(16)5-6-22-17/h5-6,9-11,13-14,22H,3-4,7-8,12H2,1-2H3/t13-,29+/m1/s1. The molecule has 3 aromatic heterocycles. The summed E-state index contributed by atoms with van der Waals surface area (Å²) in [6, 6.07) is 4.03. The van der Waals surface area contributed by atoms with Gasteiger partial charge in [0.15, 0.2) is 11.6 Å². The van der Waals surface area contributed by atoms with Gasteiger partial charge in [-0.25, -0.2) is 14.2 Å². The number of anilines is 1. The number of H-pyrrole nitrogens is 1. The van der Waals surface area contributed by atoms with E-state index in [9.17, 15) is 4.21 Å². The predicted octanol–water partition coefficient (Wildman–Crippen LogP) is 3.14. The highest BCUT2D eigenvalue weighted by atomic mass is 32.2. The van der Waals surface area contributed by atoms with Crippen molar-refractivity contribution in [3.05, 3.63) is 30.7 Å². The van der Waals surface area contributed by atoms with Crippen LogP contribution in [0.15, 0.2) is 35.1 Å². The van der Waals surface area contributed by atoms with E-state index in [1.807, 2.05) is 18.3 Å². The van der Waals surface area contributed by atoms with Gasteiger partial charge < -0.3 is 14.6 Å². The number of hydrogen-bond acceptors (Lipinski definition) is 7. The number of hydrogen-bond donors (Lipinski definition) is 1. The molecule has 0 aromatic carbocycles. The van der Waals surface area contributed by atoms with Crippen molar-refractivity contribution in [1.29, 1.82) is 0 Å². The molecule has 2 atom stereocenters. The minimum atomic E-state index is -2.31. The number of fused-ring (bicyclic) bond motifs is 1. The normalized spacial score (nSPS) is 21.9. The molecule has 1 saturated carbocycles. The van der Waals surface area contributed by atoms with Gasteiger partial charge in [0.25, 0.3) is 0 Å². The summed E-state index contributed by atoms with van der Waals surface area (Å²) < 4.78 is 23.2. The molecule has 0 unspecified atom stereocenters. The van der Waals surface area contributed by atoms with Gasteiger partial charge in [-0.2, -0.15) is 4.36 Å². The van der Waals surface area contributed by atoms with Crippen LogP contribution >= 0.6 is 0 Å². The molecule has 2 aliphatic rings. The molecule has 152 valence electrons. The Kier molecular flexibility index (Phi) is 4.51. The topological polar surface area (TPSA) is 96.4 Å². The SMILES string of the molecule is C[C@@H]1COCCN1c1cc(N=[S@@](C)(=O)C2CC2)nc(-c2cncc3[nH]ccc23)n1. The van der Waals surface area contributed by atoms with Crippen LogP contribution in [0.5, 0.6) is 0 Å². The van der Waals surface area contributed by atoms with Crippen LogP contribution in [0.3, 0.4) is 0 Å². The van der Waals surface area contributed by atoms with E-state index in [0.717, 1.165) is 41.7 Å². The van der Waals surface area contributed by atoms with E-state index in [1.165, 1.54) is 0 Å². The largest absolute Gasteiger partial charge is 0.377 e. The van der Waals surface area contributed by atoms with E-state index in [1.54, 1.807) is 18.6 Å². The van der Waals surface area contributed by atoms with Crippen molar-refractivity contribution >= 4 is 32.3 Å².